The van der Waals surface area contributed by atoms with Crippen LogP contribution in [0.25, 0.3) is 0 Å². The summed E-state index contributed by atoms with van der Waals surface area (Å²) in [6.07, 6.45) is 4.61. The third-order valence-corrected chi connectivity index (χ3v) is 3.15. The van der Waals surface area contributed by atoms with Gasteiger partial charge in [0.25, 0.3) is 5.91 Å². The first-order chi connectivity index (χ1) is 7.81. The second-order valence-corrected chi connectivity index (χ2v) is 4.21. The normalized spacial score (nSPS) is 28.9. The molecule has 2 rings (SSSR count). The number of carbonyl (C=O) groups is 1. The highest BCUT2D eigenvalue weighted by molar-refractivity contribution is 5.91. The maximum absolute atomic E-state index is 11.8. The van der Waals surface area contributed by atoms with E-state index >= 15 is 0 Å². The van der Waals surface area contributed by atoms with Crippen molar-refractivity contribution in [2.24, 2.45) is 11.7 Å². The maximum atomic E-state index is 11.8. The van der Waals surface area contributed by atoms with E-state index in [0.717, 1.165) is 19.3 Å². The van der Waals surface area contributed by atoms with E-state index < -0.39 is 0 Å². The summed E-state index contributed by atoms with van der Waals surface area (Å²) >= 11 is 0. The minimum atomic E-state index is -0.190. The summed E-state index contributed by atoms with van der Waals surface area (Å²) in [6.45, 7) is 1.57. The summed E-state index contributed by atoms with van der Waals surface area (Å²) in [5.41, 5.74) is 5.66. The molecule has 0 aromatic heterocycles. The Bertz CT molecular complexity index is 291. The molecule has 90 valence electrons. The molecule has 0 bridgehead atoms. The van der Waals surface area contributed by atoms with Crippen molar-refractivity contribution in [2.75, 3.05) is 19.8 Å². The molecule has 0 aromatic carbocycles. The summed E-state index contributed by atoms with van der Waals surface area (Å²) in [6, 6.07) is 0.184. The molecular formula is C11H18N2O3. The number of nitrogens with two attached hydrogens (primary N) is 1. The lowest BCUT2D eigenvalue weighted by Gasteiger charge is -2.21. The first-order valence-electron chi connectivity index (χ1n) is 5.76. The maximum Gasteiger partial charge on any atom is 0.289 e. The molecule has 3 N–H and O–H groups in total. The summed E-state index contributed by atoms with van der Waals surface area (Å²) in [5, 5.41) is 2.96. The standard InChI is InChI=1S/C11H18N2O3/c12-6-8-2-1-3-9(8)13-11(14)10-7-15-4-5-16-10/h7-9H,1-6,12H2,(H,13,14). The molecular weight excluding hydrogens is 208 g/mol. The molecule has 5 nitrogen and oxygen atoms in total. The lowest BCUT2D eigenvalue weighted by Crippen LogP contribution is -2.41. The van der Waals surface area contributed by atoms with Crippen LogP contribution >= 0.6 is 0 Å². The van der Waals surface area contributed by atoms with E-state index in [0.29, 0.717) is 25.7 Å². The minimum Gasteiger partial charge on any atom is -0.494 e. The number of carbonyl (C=O) groups excluding carboxylic acids is 1. The number of hydrogen-bond acceptors (Lipinski definition) is 4. The second-order valence-electron chi connectivity index (χ2n) is 4.21. The molecule has 1 amide bonds. The van der Waals surface area contributed by atoms with Gasteiger partial charge in [0.15, 0.2) is 0 Å². The molecule has 0 spiro atoms. The van der Waals surface area contributed by atoms with Crippen molar-refractivity contribution in [3.05, 3.63) is 12.0 Å². The molecule has 1 aliphatic heterocycles. The highest BCUT2D eigenvalue weighted by atomic mass is 16.6. The Kier molecular flexibility index (Phi) is 3.66. The van der Waals surface area contributed by atoms with Gasteiger partial charge in [0, 0.05) is 6.04 Å². The van der Waals surface area contributed by atoms with E-state index in [4.69, 9.17) is 15.2 Å². The van der Waals surface area contributed by atoms with Crippen LogP contribution in [0.1, 0.15) is 19.3 Å². The lowest BCUT2D eigenvalue weighted by molar-refractivity contribution is -0.123. The van der Waals surface area contributed by atoms with Crippen LogP contribution in [0.3, 0.4) is 0 Å². The lowest BCUT2D eigenvalue weighted by atomic mass is 10.0. The zero-order chi connectivity index (χ0) is 11.4. The summed E-state index contributed by atoms with van der Waals surface area (Å²) in [4.78, 5) is 11.8. The van der Waals surface area contributed by atoms with Crippen molar-refractivity contribution < 1.29 is 14.3 Å². The van der Waals surface area contributed by atoms with Crippen LogP contribution < -0.4 is 11.1 Å². The zero-order valence-electron chi connectivity index (χ0n) is 9.28. The fourth-order valence-electron chi connectivity index (χ4n) is 2.24. The van der Waals surface area contributed by atoms with E-state index in [1.807, 2.05) is 0 Å². The monoisotopic (exact) mass is 226 g/mol. The van der Waals surface area contributed by atoms with Crippen LogP contribution in [0.15, 0.2) is 12.0 Å². The van der Waals surface area contributed by atoms with Crippen LogP contribution in [0.4, 0.5) is 0 Å². The Hall–Kier alpha value is -1.23. The van der Waals surface area contributed by atoms with E-state index in [2.05, 4.69) is 5.32 Å². The number of ether oxygens (including phenoxy) is 2. The second kappa shape index (κ2) is 5.21. The van der Waals surface area contributed by atoms with E-state index in [1.54, 1.807) is 0 Å². The predicted molar refractivity (Wildman–Crippen MR) is 58.3 cm³/mol. The molecule has 2 atom stereocenters. The van der Waals surface area contributed by atoms with Gasteiger partial charge in [-0.15, -0.1) is 0 Å². The van der Waals surface area contributed by atoms with Gasteiger partial charge in [-0.05, 0) is 25.3 Å². The molecule has 0 aromatic rings. The van der Waals surface area contributed by atoms with Gasteiger partial charge < -0.3 is 20.5 Å². The number of rotatable bonds is 3. The average Bonchev–Trinajstić information content (AvgIpc) is 2.77. The minimum absolute atomic E-state index is 0.184. The van der Waals surface area contributed by atoms with Gasteiger partial charge in [-0.1, -0.05) is 6.42 Å². The third-order valence-electron chi connectivity index (χ3n) is 3.15. The molecule has 1 fully saturated rings. The smallest absolute Gasteiger partial charge is 0.289 e. The van der Waals surface area contributed by atoms with Gasteiger partial charge in [0.1, 0.15) is 19.5 Å². The SMILES string of the molecule is NCC1CCCC1NC(=O)C1=COCCO1. The van der Waals surface area contributed by atoms with Crippen molar-refractivity contribution in [3.63, 3.8) is 0 Å². The number of amides is 1. The molecule has 0 saturated heterocycles. The molecule has 2 unspecified atom stereocenters. The first kappa shape index (κ1) is 11.3. The topological polar surface area (TPSA) is 73.6 Å². The van der Waals surface area contributed by atoms with Crippen molar-refractivity contribution in [1.82, 2.24) is 5.32 Å². The molecule has 1 heterocycles. The van der Waals surface area contributed by atoms with Crippen LogP contribution in [-0.4, -0.2) is 31.7 Å². The summed E-state index contributed by atoms with van der Waals surface area (Å²) in [7, 11) is 0. The number of nitrogens with one attached hydrogen (secondary N) is 1. The Morgan fingerprint density at radius 3 is 3.06 bits per heavy atom. The fraction of sp³-hybridized carbons (Fsp3) is 0.727. The molecule has 16 heavy (non-hydrogen) atoms. The Morgan fingerprint density at radius 2 is 2.38 bits per heavy atom. The van der Waals surface area contributed by atoms with E-state index in [-0.39, 0.29) is 17.7 Å². The van der Waals surface area contributed by atoms with Gasteiger partial charge in [-0.2, -0.15) is 0 Å². The highest BCUT2D eigenvalue weighted by Gasteiger charge is 2.28. The third kappa shape index (κ3) is 2.47. The Labute approximate surface area is 95.0 Å². The fourth-order valence-corrected chi connectivity index (χ4v) is 2.24. The molecule has 5 heteroatoms. The highest BCUT2D eigenvalue weighted by Crippen LogP contribution is 2.24. The van der Waals surface area contributed by atoms with E-state index in [1.165, 1.54) is 6.26 Å². The molecule has 1 aliphatic carbocycles. The summed E-state index contributed by atoms with van der Waals surface area (Å²) < 4.78 is 10.3. The average molecular weight is 226 g/mol. The van der Waals surface area contributed by atoms with Crippen molar-refractivity contribution in [2.45, 2.75) is 25.3 Å². The van der Waals surface area contributed by atoms with Crippen LogP contribution in [0.5, 0.6) is 0 Å². The first-order valence-corrected chi connectivity index (χ1v) is 5.76. The molecule has 0 radical (unpaired) electrons. The predicted octanol–water partition coefficient (Wildman–Crippen LogP) is 0.118. The van der Waals surface area contributed by atoms with Crippen LogP contribution in [0, 0.1) is 5.92 Å². The quantitative estimate of drug-likeness (QED) is 0.716. The number of hydrogen-bond donors (Lipinski definition) is 2. The summed E-state index contributed by atoms with van der Waals surface area (Å²) in [5.74, 6) is 0.480. The Morgan fingerprint density at radius 1 is 1.50 bits per heavy atom. The van der Waals surface area contributed by atoms with E-state index in [9.17, 15) is 4.79 Å². The molecule has 1 saturated carbocycles. The molecule has 2 aliphatic rings. The Balaban J connectivity index is 1.88. The van der Waals surface area contributed by atoms with Crippen LogP contribution in [0.2, 0.25) is 0 Å². The largest absolute Gasteiger partial charge is 0.494 e. The van der Waals surface area contributed by atoms with Crippen molar-refractivity contribution in [3.8, 4) is 0 Å². The van der Waals surface area contributed by atoms with Gasteiger partial charge in [0.05, 0.1) is 0 Å². The van der Waals surface area contributed by atoms with Gasteiger partial charge in [-0.3, -0.25) is 4.79 Å². The van der Waals surface area contributed by atoms with Gasteiger partial charge in [-0.25, -0.2) is 0 Å². The van der Waals surface area contributed by atoms with Crippen LogP contribution in [-0.2, 0) is 14.3 Å². The van der Waals surface area contributed by atoms with Gasteiger partial charge >= 0.3 is 0 Å². The van der Waals surface area contributed by atoms with Crippen molar-refractivity contribution >= 4 is 5.91 Å². The van der Waals surface area contributed by atoms with Gasteiger partial charge in [0.2, 0.25) is 5.76 Å². The zero-order valence-corrected chi connectivity index (χ0v) is 9.28. The van der Waals surface area contributed by atoms with Crippen molar-refractivity contribution in [1.29, 1.82) is 0 Å².